The molecule has 0 aliphatic carbocycles. The number of aliphatic imine (C=N–C) groups is 1. The molecular formula is C31H30ClF3N4O5. The molecule has 0 saturated carbocycles. The lowest BCUT2D eigenvalue weighted by Gasteiger charge is -2.26. The number of carbonyl (C=O) groups excluding carboxylic acids is 2. The molecule has 13 heteroatoms. The van der Waals surface area contributed by atoms with Crippen LogP contribution < -0.4 is 16.1 Å². The summed E-state index contributed by atoms with van der Waals surface area (Å²) in [4.78, 5) is 49.6. The number of carboxylic acids is 1. The summed E-state index contributed by atoms with van der Waals surface area (Å²) in [7, 11) is 0. The summed E-state index contributed by atoms with van der Waals surface area (Å²) in [6.45, 7) is 1.41. The number of nitrogens with two attached hydrogens (primary N) is 1. The second-order valence-electron chi connectivity index (χ2n) is 10.4. The number of rotatable bonds is 10. The minimum Gasteiger partial charge on any atom is -0.478 e. The van der Waals surface area contributed by atoms with Gasteiger partial charge >= 0.3 is 5.97 Å². The molecule has 232 valence electrons. The zero-order valence-electron chi connectivity index (χ0n) is 23.7. The number of hydrogen-bond acceptors (Lipinski definition) is 7. The van der Waals surface area contributed by atoms with Crippen molar-refractivity contribution in [3.8, 4) is 5.75 Å². The fourth-order valence-electron chi connectivity index (χ4n) is 4.98. The van der Waals surface area contributed by atoms with Gasteiger partial charge in [-0.3, -0.25) is 19.5 Å². The van der Waals surface area contributed by atoms with Gasteiger partial charge in [-0.05, 0) is 60.2 Å². The number of amides is 2. The maximum absolute atomic E-state index is 14.6. The van der Waals surface area contributed by atoms with Crippen molar-refractivity contribution < 1.29 is 37.5 Å². The Kier molecular flexibility index (Phi) is 10.5. The van der Waals surface area contributed by atoms with Crippen LogP contribution in [0, 0.1) is 23.4 Å². The first kappa shape index (κ1) is 32.3. The normalized spacial score (nSPS) is 15.8. The predicted molar refractivity (Wildman–Crippen MR) is 158 cm³/mol. The number of anilines is 1. The maximum Gasteiger partial charge on any atom is 0.337 e. The smallest absolute Gasteiger partial charge is 0.337 e. The summed E-state index contributed by atoms with van der Waals surface area (Å²) in [5, 5.41) is 9.60. The lowest BCUT2D eigenvalue weighted by atomic mass is 9.89. The van der Waals surface area contributed by atoms with E-state index in [0.717, 1.165) is 17.0 Å². The molecular weight excluding hydrogens is 601 g/mol. The number of amidine groups is 1. The van der Waals surface area contributed by atoms with Crippen molar-refractivity contribution in [1.29, 1.82) is 0 Å². The molecule has 44 heavy (non-hydrogen) atoms. The molecule has 3 aromatic rings. The summed E-state index contributed by atoms with van der Waals surface area (Å²) < 4.78 is 41.9. The first-order chi connectivity index (χ1) is 20.9. The van der Waals surface area contributed by atoms with Crippen molar-refractivity contribution in [3.05, 3.63) is 93.8 Å². The van der Waals surface area contributed by atoms with E-state index in [1.54, 1.807) is 6.07 Å². The predicted octanol–water partition coefficient (Wildman–Crippen LogP) is 5.52. The molecule has 3 aromatic carbocycles. The molecule has 1 aliphatic rings. The Hall–Kier alpha value is -4.58. The number of hydrogen-bond donors (Lipinski definition) is 3. The molecule has 9 nitrogen and oxygen atoms in total. The van der Waals surface area contributed by atoms with Gasteiger partial charge in [0.15, 0.2) is 11.6 Å². The quantitative estimate of drug-likeness (QED) is 0.198. The fourth-order valence-corrected chi connectivity index (χ4v) is 5.18. The molecule has 0 aromatic heterocycles. The summed E-state index contributed by atoms with van der Waals surface area (Å²) >= 11 is 6.05. The first-order valence-electron chi connectivity index (χ1n) is 13.8. The van der Waals surface area contributed by atoms with E-state index in [-0.39, 0.29) is 59.4 Å². The van der Waals surface area contributed by atoms with Gasteiger partial charge in [-0.25, -0.2) is 23.4 Å². The Bertz CT molecular complexity index is 1580. The number of hydroxylamine groups is 1. The Morgan fingerprint density at radius 1 is 1.14 bits per heavy atom. The summed E-state index contributed by atoms with van der Waals surface area (Å²) in [5.74, 6) is -6.23. The van der Waals surface area contributed by atoms with Crippen LogP contribution in [0.15, 0.2) is 59.6 Å². The largest absolute Gasteiger partial charge is 0.478 e. The third-order valence-corrected chi connectivity index (χ3v) is 7.39. The molecule has 0 fully saturated rings. The first-order valence-corrected chi connectivity index (χ1v) is 14.2. The SMILES string of the molecule is CCC[C@@H](CC(=O)N1CC(NOc2cc(F)cc(F)c2)=NCC(Cc2cc(Cl)ccc2F)C1=O)c1ccc(C(=O)O)c(N)c1. The Morgan fingerprint density at radius 3 is 2.52 bits per heavy atom. The Labute approximate surface area is 256 Å². The van der Waals surface area contributed by atoms with Crippen LogP contribution in [-0.2, 0) is 16.0 Å². The Balaban J connectivity index is 1.61. The lowest BCUT2D eigenvalue weighted by Crippen LogP contribution is -2.46. The third kappa shape index (κ3) is 8.07. The van der Waals surface area contributed by atoms with Crippen LogP contribution in [0.3, 0.4) is 0 Å². The van der Waals surface area contributed by atoms with Gasteiger partial charge in [-0.1, -0.05) is 31.0 Å². The van der Waals surface area contributed by atoms with Gasteiger partial charge in [0.25, 0.3) is 0 Å². The number of halogens is 4. The topological polar surface area (TPSA) is 134 Å². The molecule has 4 rings (SSSR count). The number of aromatic carboxylic acids is 1. The summed E-state index contributed by atoms with van der Waals surface area (Å²) in [5.41, 5.74) is 9.20. The molecule has 0 saturated heterocycles. The van der Waals surface area contributed by atoms with E-state index in [4.69, 9.17) is 22.2 Å². The van der Waals surface area contributed by atoms with Gasteiger partial charge < -0.3 is 15.7 Å². The molecule has 1 heterocycles. The monoisotopic (exact) mass is 630 g/mol. The van der Waals surface area contributed by atoms with Crippen molar-refractivity contribution in [2.24, 2.45) is 10.9 Å². The summed E-state index contributed by atoms with van der Waals surface area (Å²) in [6.07, 6.45) is 0.972. The van der Waals surface area contributed by atoms with E-state index in [1.807, 2.05) is 6.92 Å². The molecule has 4 N–H and O–H groups in total. The van der Waals surface area contributed by atoms with Gasteiger partial charge in [-0.15, -0.1) is 0 Å². The average molecular weight is 631 g/mol. The third-order valence-electron chi connectivity index (χ3n) is 7.16. The van der Waals surface area contributed by atoms with E-state index in [2.05, 4.69) is 10.5 Å². The van der Waals surface area contributed by atoms with E-state index in [9.17, 15) is 32.7 Å². The molecule has 0 radical (unpaired) electrons. The highest BCUT2D eigenvalue weighted by Gasteiger charge is 2.34. The average Bonchev–Trinajstić information content (AvgIpc) is 3.11. The van der Waals surface area contributed by atoms with Gasteiger partial charge in [0.05, 0.1) is 24.6 Å². The number of nitrogen functional groups attached to an aromatic ring is 1. The van der Waals surface area contributed by atoms with Gasteiger partial charge in [0.2, 0.25) is 11.8 Å². The van der Waals surface area contributed by atoms with Crippen LogP contribution in [-0.4, -0.2) is 46.7 Å². The highest BCUT2D eigenvalue weighted by Crippen LogP contribution is 2.30. The fraction of sp³-hybridized carbons (Fsp3) is 0.290. The van der Waals surface area contributed by atoms with Crippen molar-refractivity contribution in [3.63, 3.8) is 0 Å². The zero-order valence-corrected chi connectivity index (χ0v) is 24.4. The van der Waals surface area contributed by atoms with Crippen LogP contribution in [0.25, 0.3) is 0 Å². The molecule has 1 aliphatic heterocycles. The number of nitrogens with one attached hydrogen (secondary N) is 1. The molecule has 1 unspecified atom stereocenters. The van der Waals surface area contributed by atoms with Gasteiger partial charge in [0.1, 0.15) is 17.5 Å². The summed E-state index contributed by atoms with van der Waals surface area (Å²) in [6, 6.07) is 11.0. The van der Waals surface area contributed by atoms with E-state index in [1.165, 1.54) is 30.3 Å². The minimum atomic E-state index is -1.18. The molecule has 0 spiro atoms. The minimum absolute atomic E-state index is 0.0209. The second kappa shape index (κ2) is 14.3. The maximum atomic E-state index is 14.6. The van der Waals surface area contributed by atoms with E-state index in [0.29, 0.717) is 24.5 Å². The number of carbonyl (C=O) groups is 3. The van der Waals surface area contributed by atoms with Crippen LogP contribution in [0.2, 0.25) is 5.02 Å². The molecule has 0 bridgehead atoms. The highest BCUT2D eigenvalue weighted by atomic mass is 35.5. The number of benzene rings is 3. The number of nitrogens with zero attached hydrogens (tertiary/aromatic N) is 2. The van der Waals surface area contributed by atoms with Crippen LogP contribution >= 0.6 is 11.6 Å². The van der Waals surface area contributed by atoms with Crippen molar-refractivity contribution in [2.45, 2.75) is 38.5 Å². The second-order valence-corrected chi connectivity index (χ2v) is 10.8. The zero-order chi connectivity index (χ0) is 32.0. The van der Waals surface area contributed by atoms with Crippen LogP contribution in [0.4, 0.5) is 18.9 Å². The Morgan fingerprint density at radius 2 is 1.86 bits per heavy atom. The van der Waals surface area contributed by atoms with Gasteiger partial charge in [0, 0.05) is 35.3 Å². The van der Waals surface area contributed by atoms with E-state index >= 15 is 0 Å². The van der Waals surface area contributed by atoms with E-state index < -0.39 is 47.1 Å². The molecule has 2 atom stereocenters. The van der Waals surface area contributed by atoms with Gasteiger partial charge in [-0.2, -0.15) is 0 Å². The van der Waals surface area contributed by atoms with Crippen molar-refractivity contribution in [1.82, 2.24) is 10.4 Å². The number of imide groups is 1. The van der Waals surface area contributed by atoms with Crippen LogP contribution in [0.1, 0.15) is 53.6 Å². The molecule has 2 amide bonds. The number of carboxylic acid groups (broad SMARTS) is 1. The van der Waals surface area contributed by atoms with Crippen molar-refractivity contribution >= 4 is 40.9 Å². The lowest BCUT2D eigenvalue weighted by molar-refractivity contribution is -0.146. The van der Waals surface area contributed by atoms with Crippen molar-refractivity contribution in [2.75, 3.05) is 18.8 Å². The standard InChI is InChI=1S/C31H30ClF3N4O5/c1-2-3-17(18-4-6-25(31(42)43)27(36)10-18)11-29(40)39-16-28(38-44-24-13-22(33)12-23(34)14-24)37-15-20(30(39)41)8-19-9-21(32)5-7-26(19)35/h4-7,9-10,12-14,17,20H,2-3,8,11,15-16,36H2,1H3,(H,37,38)(H,42,43)/t17-,20?/m0/s1. The highest BCUT2D eigenvalue weighted by molar-refractivity contribution is 6.30. The van der Waals surface area contributed by atoms with Crippen LogP contribution in [0.5, 0.6) is 5.75 Å².